The lowest BCUT2D eigenvalue weighted by Gasteiger charge is -2.14. The molecule has 1 saturated carbocycles. The summed E-state index contributed by atoms with van der Waals surface area (Å²) in [5.74, 6) is 0.326. The van der Waals surface area contributed by atoms with Crippen molar-refractivity contribution in [3.8, 4) is 0 Å². The number of nitrogens with zero attached hydrogens (tertiary/aromatic N) is 3. The topological polar surface area (TPSA) is 88.5 Å². The molecular formula is C12H21N5O. The number of nitrogens with one attached hydrogen (secondary N) is 1. The second-order valence-corrected chi connectivity index (χ2v) is 5.29. The third kappa shape index (κ3) is 3.01. The van der Waals surface area contributed by atoms with Crippen molar-refractivity contribution in [3.63, 3.8) is 0 Å². The SMILES string of the molecule is Cc1nn(C)cc1CNCC1(C/C(N)=N/O)CC1. The summed E-state index contributed by atoms with van der Waals surface area (Å²) in [4.78, 5) is 0. The molecule has 0 radical (unpaired) electrons. The average Bonchev–Trinajstić information content (AvgIpc) is 2.99. The van der Waals surface area contributed by atoms with Gasteiger partial charge in [0.05, 0.1) is 5.69 Å². The van der Waals surface area contributed by atoms with Gasteiger partial charge in [0.25, 0.3) is 0 Å². The molecule has 2 rings (SSSR count). The molecule has 100 valence electrons. The Labute approximate surface area is 107 Å². The van der Waals surface area contributed by atoms with Crippen LogP contribution in [0.1, 0.15) is 30.5 Å². The van der Waals surface area contributed by atoms with Crippen molar-refractivity contribution in [2.45, 2.75) is 32.7 Å². The van der Waals surface area contributed by atoms with Crippen molar-refractivity contribution in [1.82, 2.24) is 15.1 Å². The van der Waals surface area contributed by atoms with Crippen LogP contribution in [-0.2, 0) is 13.6 Å². The maximum Gasteiger partial charge on any atom is 0.139 e. The molecule has 1 heterocycles. The molecule has 1 aromatic heterocycles. The van der Waals surface area contributed by atoms with Crippen LogP contribution in [0.4, 0.5) is 0 Å². The summed E-state index contributed by atoms with van der Waals surface area (Å²) in [6.45, 7) is 3.73. The molecule has 1 aliphatic carbocycles. The van der Waals surface area contributed by atoms with E-state index in [2.05, 4.69) is 15.6 Å². The molecule has 0 saturated heterocycles. The summed E-state index contributed by atoms with van der Waals surface area (Å²) in [6, 6.07) is 0. The molecule has 0 bridgehead atoms. The van der Waals surface area contributed by atoms with Crippen LogP contribution in [0.5, 0.6) is 0 Å². The highest BCUT2D eigenvalue weighted by Gasteiger charge is 2.42. The second-order valence-electron chi connectivity index (χ2n) is 5.29. The molecule has 0 spiro atoms. The third-order valence-electron chi connectivity index (χ3n) is 3.57. The number of hydrogen-bond acceptors (Lipinski definition) is 4. The standard InChI is InChI=1S/C12H21N5O/c1-9-10(7-17(2)15-9)6-14-8-12(3-4-12)5-11(13)16-18/h7,14,18H,3-6,8H2,1-2H3,(H2,13,16). The largest absolute Gasteiger partial charge is 0.409 e. The molecule has 0 aliphatic heterocycles. The van der Waals surface area contributed by atoms with Crippen molar-refractivity contribution in [2.75, 3.05) is 6.54 Å². The number of aromatic nitrogens is 2. The fourth-order valence-corrected chi connectivity index (χ4v) is 2.30. The van der Waals surface area contributed by atoms with Gasteiger partial charge in [-0.1, -0.05) is 5.16 Å². The van der Waals surface area contributed by atoms with E-state index in [0.29, 0.717) is 12.3 Å². The van der Waals surface area contributed by atoms with Gasteiger partial charge >= 0.3 is 0 Å². The van der Waals surface area contributed by atoms with Gasteiger partial charge in [0.15, 0.2) is 0 Å². The highest BCUT2D eigenvalue weighted by atomic mass is 16.4. The lowest BCUT2D eigenvalue weighted by atomic mass is 10.0. The smallest absolute Gasteiger partial charge is 0.139 e. The van der Waals surface area contributed by atoms with Crippen molar-refractivity contribution in [2.24, 2.45) is 23.4 Å². The van der Waals surface area contributed by atoms with Crippen LogP contribution in [-0.4, -0.2) is 27.4 Å². The Kier molecular flexibility index (Phi) is 3.56. The van der Waals surface area contributed by atoms with Gasteiger partial charge in [0.2, 0.25) is 0 Å². The Morgan fingerprint density at radius 3 is 2.89 bits per heavy atom. The maximum atomic E-state index is 8.60. The molecule has 18 heavy (non-hydrogen) atoms. The van der Waals surface area contributed by atoms with E-state index in [1.165, 1.54) is 5.56 Å². The zero-order valence-corrected chi connectivity index (χ0v) is 11.0. The van der Waals surface area contributed by atoms with Gasteiger partial charge in [-0.15, -0.1) is 0 Å². The van der Waals surface area contributed by atoms with E-state index in [-0.39, 0.29) is 5.41 Å². The summed E-state index contributed by atoms with van der Waals surface area (Å²) in [6.07, 6.45) is 4.98. The first-order valence-corrected chi connectivity index (χ1v) is 6.21. The van der Waals surface area contributed by atoms with Gasteiger partial charge in [0, 0.05) is 38.3 Å². The van der Waals surface area contributed by atoms with E-state index in [0.717, 1.165) is 31.6 Å². The molecule has 0 aromatic carbocycles. The van der Waals surface area contributed by atoms with Gasteiger partial charge in [-0.25, -0.2) is 0 Å². The first-order chi connectivity index (χ1) is 8.54. The van der Waals surface area contributed by atoms with Crippen LogP contribution in [0.3, 0.4) is 0 Å². The van der Waals surface area contributed by atoms with Crippen LogP contribution in [0, 0.1) is 12.3 Å². The predicted molar refractivity (Wildman–Crippen MR) is 69.3 cm³/mol. The van der Waals surface area contributed by atoms with Crippen molar-refractivity contribution in [3.05, 3.63) is 17.5 Å². The highest BCUT2D eigenvalue weighted by molar-refractivity contribution is 5.80. The van der Waals surface area contributed by atoms with E-state index in [1.807, 2.05) is 24.9 Å². The minimum atomic E-state index is 0.201. The molecule has 1 aliphatic rings. The Balaban J connectivity index is 1.80. The summed E-state index contributed by atoms with van der Waals surface area (Å²) in [7, 11) is 1.93. The second kappa shape index (κ2) is 4.97. The highest BCUT2D eigenvalue weighted by Crippen LogP contribution is 2.48. The number of hydrogen-bond donors (Lipinski definition) is 3. The molecule has 6 nitrogen and oxygen atoms in total. The summed E-state index contributed by atoms with van der Waals surface area (Å²) < 4.78 is 1.83. The Morgan fingerprint density at radius 2 is 2.39 bits per heavy atom. The molecule has 1 fully saturated rings. The molecule has 1 aromatic rings. The minimum absolute atomic E-state index is 0.201. The lowest BCUT2D eigenvalue weighted by molar-refractivity contribution is 0.314. The van der Waals surface area contributed by atoms with E-state index < -0.39 is 0 Å². The normalized spacial score (nSPS) is 18.0. The Bertz CT molecular complexity index is 447. The van der Waals surface area contributed by atoms with Crippen molar-refractivity contribution < 1.29 is 5.21 Å². The molecule has 0 unspecified atom stereocenters. The van der Waals surface area contributed by atoms with Crippen LogP contribution in [0.25, 0.3) is 0 Å². The summed E-state index contributed by atoms with van der Waals surface area (Å²) in [5.41, 5.74) is 8.05. The van der Waals surface area contributed by atoms with Crippen LogP contribution < -0.4 is 11.1 Å². The monoisotopic (exact) mass is 251 g/mol. The van der Waals surface area contributed by atoms with Crippen LogP contribution in [0.2, 0.25) is 0 Å². The van der Waals surface area contributed by atoms with E-state index in [4.69, 9.17) is 10.9 Å². The number of amidine groups is 1. The molecular weight excluding hydrogens is 230 g/mol. The van der Waals surface area contributed by atoms with Gasteiger partial charge in [0.1, 0.15) is 5.84 Å². The quantitative estimate of drug-likeness (QED) is 0.301. The van der Waals surface area contributed by atoms with Crippen molar-refractivity contribution in [1.29, 1.82) is 0 Å². The maximum absolute atomic E-state index is 8.60. The Morgan fingerprint density at radius 1 is 1.67 bits per heavy atom. The van der Waals surface area contributed by atoms with Crippen LogP contribution >= 0.6 is 0 Å². The Hall–Kier alpha value is -1.56. The minimum Gasteiger partial charge on any atom is -0.409 e. The van der Waals surface area contributed by atoms with E-state index in [9.17, 15) is 0 Å². The number of rotatable bonds is 6. The third-order valence-corrected chi connectivity index (χ3v) is 3.57. The van der Waals surface area contributed by atoms with Gasteiger partial charge in [-0.2, -0.15) is 5.10 Å². The summed E-state index contributed by atoms with van der Waals surface area (Å²) >= 11 is 0. The van der Waals surface area contributed by atoms with Gasteiger partial charge in [-0.05, 0) is 25.2 Å². The lowest BCUT2D eigenvalue weighted by Crippen LogP contribution is -2.28. The predicted octanol–water partition coefficient (Wildman–Crippen LogP) is 0.735. The average molecular weight is 251 g/mol. The fraction of sp³-hybridized carbons (Fsp3) is 0.667. The number of aryl methyl sites for hydroxylation is 2. The summed E-state index contributed by atoms with van der Waals surface area (Å²) in [5, 5.41) is 19.4. The van der Waals surface area contributed by atoms with Gasteiger partial charge < -0.3 is 16.3 Å². The van der Waals surface area contributed by atoms with Crippen molar-refractivity contribution >= 4 is 5.84 Å². The fourth-order valence-electron chi connectivity index (χ4n) is 2.30. The number of oxime groups is 1. The zero-order chi connectivity index (χ0) is 13.2. The molecule has 0 atom stereocenters. The first-order valence-electron chi connectivity index (χ1n) is 6.21. The first kappa shape index (κ1) is 12.9. The van der Waals surface area contributed by atoms with Gasteiger partial charge in [-0.3, -0.25) is 4.68 Å². The number of nitrogens with two attached hydrogens (primary N) is 1. The zero-order valence-electron chi connectivity index (χ0n) is 11.0. The van der Waals surface area contributed by atoms with Crippen LogP contribution in [0.15, 0.2) is 11.4 Å². The molecule has 6 heteroatoms. The van der Waals surface area contributed by atoms with E-state index in [1.54, 1.807) is 0 Å². The molecule has 4 N–H and O–H groups in total. The molecule has 0 amide bonds. The van der Waals surface area contributed by atoms with E-state index >= 15 is 0 Å².